The number of rotatable bonds is 5. The number of carbonyl (C=O) groups is 2. The molecule has 1 aromatic rings. The molecule has 0 spiro atoms. The number of hydrogen-bond donors (Lipinski definition) is 4. The van der Waals surface area contributed by atoms with Crippen molar-refractivity contribution >= 4 is 11.9 Å². The lowest BCUT2D eigenvalue weighted by Gasteiger charge is -2.13. The molecule has 0 saturated heterocycles. The Bertz CT molecular complexity index is 401. The number of phenols is 1. The van der Waals surface area contributed by atoms with Crippen LogP contribution >= 0.6 is 0 Å². The molecule has 6 heteroatoms. The molecule has 1 rings (SSSR count). The number of amides is 1. The molecule has 1 atom stereocenters. The first-order valence-corrected chi connectivity index (χ1v) is 4.94. The summed E-state index contributed by atoms with van der Waals surface area (Å²) >= 11 is 0. The highest BCUT2D eigenvalue weighted by Crippen LogP contribution is 2.18. The third-order valence-corrected chi connectivity index (χ3v) is 2.24. The van der Waals surface area contributed by atoms with Gasteiger partial charge in [-0.15, -0.1) is 0 Å². The lowest BCUT2D eigenvalue weighted by atomic mass is 9.99. The van der Waals surface area contributed by atoms with Crippen molar-refractivity contribution in [3.8, 4) is 5.75 Å². The zero-order chi connectivity index (χ0) is 12.8. The van der Waals surface area contributed by atoms with Crippen molar-refractivity contribution in [2.75, 3.05) is 13.2 Å². The zero-order valence-electron chi connectivity index (χ0n) is 8.96. The predicted octanol–water partition coefficient (Wildman–Crippen LogP) is -0.331. The van der Waals surface area contributed by atoms with E-state index in [1.165, 1.54) is 24.3 Å². The standard InChI is InChI=1S/C11H13NO5/c13-6-10(15)12-5-9(11(16)17)7-1-3-8(14)4-2-7/h1-4,9,13-14H,5-6H2,(H,12,15)(H,16,17). The Hall–Kier alpha value is -2.08. The van der Waals surface area contributed by atoms with E-state index in [0.717, 1.165) is 0 Å². The van der Waals surface area contributed by atoms with E-state index < -0.39 is 24.4 Å². The highest BCUT2D eigenvalue weighted by Gasteiger charge is 2.20. The van der Waals surface area contributed by atoms with Crippen molar-refractivity contribution in [3.05, 3.63) is 29.8 Å². The Labute approximate surface area is 97.5 Å². The molecule has 0 saturated carbocycles. The van der Waals surface area contributed by atoms with Crippen LogP contribution in [0.1, 0.15) is 11.5 Å². The zero-order valence-corrected chi connectivity index (χ0v) is 8.96. The van der Waals surface area contributed by atoms with E-state index in [0.29, 0.717) is 5.56 Å². The number of carboxylic acid groups (broad SMARTS) is 1. The van der Waals surface area contributed by atoms with Gasteiger partial charge in [-0.1, -0.05) is 12.1 Å². The first-order valence-electron chi connectivity index (χ1n) is 4.94. The highest BCUT2D eigenvalue weighted by molar-refractivity contribution is 5.80. The molecule has 1 unspecified atom stereocenters. The number of benzene rings is 1. The second kappa shape index (κ2) is 5.86. The van der Waals surface area contributed by atoms with Gasteiger partial charge in [-0.05, 0) is 17.7 Å². The quantitative estimate of drug-likeness (QED) is 0.563. The van der Waals surface area contributed by atoms with E-state index in [1.54, 1.807) is 0 Å². The summed E-state index contributed by atoms with van der Waals surface area (Å²) < 4.78 is 0. The molecule has 0 bridgehead atoms. The van der Waals surface area contributed by atoms with Crippen LogP contribution in [0.5, 0.6) is 5.75 Å². The largest absolute Gasteiger partial charge is 0.508 e. The molecule has 0 heterocycles. The van der Waals surface area contributed by atoms with E-state index in [4.69, 9.17) is 15.3 Å². The summed E-state index contributed by atoms with van der Waals surface area (Å²) in [6.45, 7) is -0.790. The summed E-state index contributed by atoms with van der Waals surface area (Å²) in [5, 5.41) is 28.9. The van der Waals surface area contributed by atoms with E-state index in [9.17, 15) is 9.59 Å². The van der Waals surface area contributed by atoms with Crippen LogP contribution in [0, 0.1) is 0 Å². The second-order valence-corrected chi connectivity index (χ2v) is 3.44. The van der Waals surface area contributed by atoms with Crippen molar-refractivity contribution in [2.24, 2.45) is 0 Å². The lowest BCUT2D eigenvalue weighted by molar-refractivity contribution is -0.138. The minimum Gasteiger partial charge on any atom is -0.508 e. The minimum absolute atomic E-state index is 0.0392. The van der Waals surface area contributed by atoms with Crippen molar-refractivity contribution in [1.82, 2.24) is 5.32 Å². The maximum absolute atomic E-state index is 11.0. The Morgan fingerprint density at radius 1 is 1.24 bits per heavy atom. The van der Waals surface area contributed by atoms with Crippen molar-refractivity contribution in [1.29, 1.82) is 0 Å². The molecule has 0 radical (unpaired) electrons. The Balaban J connectivity index is 2.75. The van der Waals surface area contributed by atoms with Gasteiger partial charge in [-0.3, -0.25) is 9.59 Å². The van der Waals surface area contributed by atoms with Crippen LogP contribution in [0.3, 0.4) is 0 Å². The molecule has 17 heavy (non-hydrogen) atoms. The lowest BCUT2D eigenvalue weighted by Crippen LogP contribution is -2.33. The van der Waals surface area contributed by atoms with Gasteiger partial charge in [0.05, 0.1) is 5.92 Å². The smallest absolute Gasteiger partial charge is 0.312 e. The molecule has 0 aliphatic carbocycles. The summed E-state index contributed by atoms with van der Waals surface area (Å²) in [7, 11) is 0. The first kappa shape index (κ1) is 13.0. The first-order chi connectivity index (χ1) is 8.04. The van der Waals surface area contributed by atoms with E-state index in [1.807, 2.05) is 0 Å². The van der Waals surface area contributed by atoms with Gasteiger partial charge in [0.15, 0.2) is 0 Å². The molecule has 92 valence electrons. The summed E-state index contributed by atoms with van der Waals surface area (Å²) in [6, 6.07) is 5.69. The maximum atomic E-state index is 11.0. The Morgan fingerprint density at radius 2 is 1.82 bits per heavy atom. The number of phenolic OH excluding ortho intramolecular Hbond substituents is 1. The third-order valence-electron chi connectivity index (χ3n) is 2.24. The third kappa shape index (κ3) is 3.76. The predicted molar refractivity (Wildman–Crippen MR) is 58.6 cm³/mol. The number of aliphatic hydroxyl groups is 1. The van der Waals surface area contributed by atoms with Crippen molar-refractivity contribution in [2.45, 2.75) is 5.92 Å². The maximum Gasteiger partial charge on any atom is 0.312 e. The molecular formula is C11H13NO5. The van der Waals surface area contributed by atoms with Crippen LogP contribution in [0.15, 0.2) is 24.3 Å². The van der Waals surface area contributed by atoms with Crippen LogP contribution in [0.25, 0.3) is 0 Å². The number of carbonyl (C=O) groups excluding carboxylic acids is 1. The van der Waals surface area contributed by atoms with Gasteiger partial charge in [0, 0.05) is 6.54 Å². The van der Waals surface area contributed by atoms with E-state index >= 15 is 0 Å². The summed E-state index contributed by atoms with van der Waals surface area (Å²) in [4.78, 5) is 21.8. The molecule has 6 nitrogen and oxygen atoms in total. The van der Waals surface area contributed by atoms with Gasteiger partial charge in [0.1, 0.15) is 12.4 Å². The topological polar surface area (TPSA) is 107 Å². The monoisotopic (exact) mass is 239 g/mol. The molecular weight excluding hydrogens is 226 g/mol. The number of aromatic hydroxyl groups is 1. The van der Waals surface area contributed by atoms with Crippen LogP contribution in [-0.2, 0) is 9.59 Å². The molecule has 0 aliphatic rings. The van der Waals surface area contributed by atoms with Gasteiger partial charge >= 0.3 is 5.97 Å². The molecule has 1 aromatic carbocycles. The van der Waals surface area contributed by atoms with Crippen LogP contribution in [0.2, 0.25) is 0 Å². The second-order valence-electron chi connectivity index (χ2n) is 3.44. The van der Waals surface area contributed by atoms with Crippen molar-refractivity contribution in [3.63, 3.8) is 0 Å². The van der Waals surface area contributed by atoms with Gasteiger partial charge in [-0.25, -0.2) is 0 Å². The van der Waals surface area contributed by atoms with Crippen LogP contribution < -0.4 is 5.32 Å². The fourth-order valence-electron chi connectivity index (χ4n) is 1.33. The number of carboxylic acids is 1. The van der Waals surface area contributed by atoms with Crippen molar-refractivity contribution < 1.29 is 24.9 Å². The SMILES string of the molecule is O=C(CO)NCC(C(=O)O)c1ccc(O)cc1. The van der Waals surface area contributed by atoms with Gasteiger partial charge in [0.25, 0.3) is 0 Å². The molecule has 4 N–H and O–H groups in total. The molecule has 0 aliphatic heterocycles. The summed E-state index contributed by atoms with van der Waals surface area (Å²) in [6.07, 6.45) is 0. The molecule has 0 aromatic heterocycles. The normalized spacial score (nSPS) is 11.8. The van der Waals surface area contributed by atoms with E-state index in [-0.39, 0.29) is 12.3 Å². The van der Waals surface area contributed by atoms with E-state index in [2.05, 4.69) is 5.32 Å². The fraction of sp³-hybridized carbons (Fsp3) is 0.273. The van der Waals surface area contributed by atoms with Gasteiger partial charge < -0.3 is 20.6 Å². The van der Waals surface area contributed by atoms with Gasteiger partial charge in [0.2, 0.25) is 5.91 Å². The number of aliphatic hydroxyl groups excluding tert-OH is 1. The average molecular weight is 239 g/mol. The van der Waals surface area contributed by atoms with Crippen LogP contribution in [0.4, 0.5) is 0 Å². The average Bonchev–Trinajstić information content (AvgIpc) is 2.31. The summed E-state index contributed by atoms with van der Waals surface area (Å²) in [5.74, 6) is -2.59. The van der Waals surface area contributed by atoms with Gasteiger partial charge in [-0.2, -0.15) is 0 Å². The van der Waals surface area contributed by atoms with Crippen LogP contribution in [-0.4, -0.2) is 40.3 Å². The number of aliphatic carboxylic acids is 1. The number of nitrogens with one attached hydrogen (secondary N) is 1. The fourth-order valence-corrected chi connectivity index (χ4v) is 1.33. The minimum atomic E-state index is -1.09. The Morgan fingerprint density at radius 3 is 2.29 bits per heavy atom. The number of hydrogen-bond acceptors (Lipinski definition) is 4. The summed E-state index contributed by atoms with van der Waals surface area (Å²) in [5.41, 5.74) is 0.466. The molecule has 1 amide bonds. The molecule has 0 fully saturated rings. The highest BCUT2D eigenvalue weighted by atomic mass is 16.4. The Kier molecular flexibility index (Phi) is 4.47.